The Morgan fingerprint density at radius 1 is 1.19 bits per heavy atom. The van der Waals surface area contributed by atoms with Gasteiger partial charge in [-0.05, 0) is 42.7 Å². The van der Waals surface area contributed by atoms with E-state index in [0.29, 0.717) is 17.1 Å². The van der Waals surface area contributed by atoms with Gasteiger partial charge in [0.25, 0.3) is 0 Å². The normalized spacial score (nSPS) is 10.6. The van der Waals surface area contributed by atoms with E-state index in [1.165, 1.54) is 17.4 Å². The largest absolute Gasteiger partial charge is 0.376 e. The van der Waals surface area contributed by atoms with Crippen molar-refractivity contribution in [1.82, 2.24) is 4.98 Å². The van der Waals surface area contributed by atoms with Gasteiger partial charge < -0.3 is 10.6 Å². The summed E-state index contributed by atoms with van der Waals surface area (Å²) in [5.74, 6) is -0.401. The first-order valence-corrected chi connectivity index (χ1v) is 9.12. The Morgan fingerprint density at radius 3 is 2.81 bits per heavy atom. The van der Waals surface area contributed by atoms with Crippen LogP contribution in [-0.4, -0.2) is 17.4 Å². The van der Waals surface area contributed by atoms with Crippen LogP contribution in [0, 0.1) is 19.7 Å². The molecule has 3 aromatic rings. The molecule has 2 N–H and O–H groups in total. The molecule has 0 radical (unpaired) electrons. The highest BCUT2D eigenvalue weighted by molar-refractivity contribution is 7.15. The van der Waals surface area contributed by atoms with Gasteiger partial charge in [0.1, 0.15) is 5.82 Å². The Kier molecular flexibility index (Phi) is 5.63. The lowest BCUT2D eigenvalue weighted by molar-refractivity contribution is -0.114. The molecule has 0 spiro atoms. The van der Waals surface area contributed by atoms with Gasteiger partial charge in [0.05, 0.1) is 6.54 Å². The number of nitrogens with one attached hydrogen (secondary N) is 2. The van der Waals surface area contributed by atoms with E-state index in [9.17, 15) is 9.18 Å². The van der Waals surface area contributed by atoms with E-state index in [-0.39, 0.29) is 18.3 Å². The number of aromatic nitrogens is 1. The Bertz CT molecular complexity index is 923. The molecule has 0 fully saturated rings. The van der Waals surface area contributed by atoms with Crippen molar-refractivity contribution in [3.05, 3.63) is 76.0 Å². The summed E-state index contributed by atoms with van der Waals surface area (Å²) >= 11 is 1.35. The summed E-state index contributed by atoms with van der Waals surface area (Å²) in [6.45, 7) is 4.17. The molecule has 0 atom stereocenters. The van der Waals surface area contributed by atoms with Gasteiger partial charge in [-0.3, -0.25) is 4.79 Å². The van der Waals surface area contributed by atoms with Crippen LogP contribution >= 0.6 is 11.3 Å². The molecule has 0 unspecified atom stereocenters. The zero-order chi connectivity index (χ0) is 18.5. The van der Waals surface area contributed by atoms with Crippen LogP contribution in [0.3, 0.4) is 0 Å². The number of rotatable bonds is 6. The quantitative estimate of drug-likeness (QED) is 0.671. The van der Waals surface area contributed by atoms with Crippen LogP contribution in [0.1, 0.15) is 21.6 Å². The predicted octanol–water partition coefficient (Wildman–Crippen LogP) is 4.54. The van der Waals surface area contributed by atoms with Gasteiger partial charge >= 0.3 is 0 Å². The first kappa shape index (κ1) is 18.1. The van der Waals surface area contributed by atoms with Crippen molar-refractivity contribution in [2.75, 3.05) is 17.2 Å². The van der Waals surface area contributed by atoms with Crippen LogP contribution in [0.15, 0.2) is 48.7 Å². The van der Waals surface area contributed by atoms with Crippen LogP contribution in [0.2, 0.25) is 0 Å². The van der Waals surface area contributed by atoms with E-state index < -0.39 is 0 Å². The maximum atomic E-state index is 13.7. The fraction of sp³-hybridized carbons (Fsp3) is 0.200. The van der Waals surface area contributed by atoms with Crippen LogP contribution in [-0.2, 0) is 11.2 Å². The van der Waals surface area contributed by atoms with E-state index in [2.05, 4.69) is 15.6 Å². The standard InChI is InChI=1S/C20H20FN3OS/c1-13-7-8-14(2)18(9-13)22-12-19(25)24-20-23-11-16(26-20)10-15-5-3-4-6-17(15)21/h3-9,11,22H,10,12H2,1-2H3,(H,23,24,25). The number of nitrogens with zero attached hydrogens (tertiary/aromatic N) is 1. The van der Waals surface area contributed by atoms with Gasteiger partial charge in [-0.25, -0.2) is 9.37 Å². The summed E-state index contributed by atoms with van der Waals surface area (Å²) < 4.78 is 13.7. The molecule has 0 saturated carbocycles. The molecule has 3 rings (SSSR count). The zero-order valence-corrected chi connectivity index (χ0v) is 15.5. The van der Waals surface area contributed by atoms with Gasteiger partial charge in [-0.15, -0.1) is 11.3 Å². The van der Waals surface area contributed by atoms with Crippen molar-refractivity contribution in [3.63, 3.8) is 0 Å². The molecule has 4 nitrogen and oxygen atoms in total. The van der Waals surface area contributed by atoms with Crippen molar-refractivity contribution >= 4 is 28.1 Å². The third kappa shape index (κ3) is 4.67. The van der Waals surface area contributed by atoms with Crippen LogP contribution in [0.5, 0.6) is 0 Å². The number of amides is 1. The highest BCUT2D eigenvalue weighted by Gasteiger charge is 2.09. The second-order valence-electron chi connectivity index (χ2n) is 6.12. The monoisotopic (exact) mass is 369 g/mol. The minimum Gasteiger partial charge on any atom is -0.376 e. The maximum Gasteiger partial charge on any atom is 0.245 e. The molecule has 0 aliphatic carbocycles. The smallest absolute Gasteiger partial charge is 0.245 e. The lowest BCUT2D eigenvalue weighted by Crippen LogP contribution is -2.22. The number of carbonyl (C=O) groups excluding carboxylic acids is 1. The minimum atomic E-state index is -0.232. The molecule has 1 heterocycles. The zero-order valence-electron chi connectivity index (χ0n) is 14.7. The number of anilines is 2. The molecule has 134 valence electrons. The molecule has 6 heteroatoms. The highest BCUT2D eigenvalue weighted by Crippen LogP contribution is 2.22. The fourth-order valence-electron chi connectivity index (χ4n) is 2.54. The predicted molar refractivity (Wildman–Crippen MR) is 104 cm³/mol. The Morgan fingerprint density at radius 2 is 2.00 bits per heavy atom. The second kappa shape index (κ2) is 8.10. The molecule has 0 aliphatic heterocycles. The van der Waals surface area contributed by atoms with Crippen molar-refractivity contribution in [2.45, 2.75) is 20.3 Å². The average Bonchev–Trinajstić information content (AvgIpc) is 3.04. The number of thiazole rings is 1. The Balaban J connectivity index is 1.56. The molecule has 1 amide bonds. The molecular formula is C20H20FN3OS. The molecule has 0 aliphatic rings. The molecule has 2 aromatic carbocycles. The SMILES string of the molecule is Cc1ccc(C)c(NCC(=O)Nc2ncc(Cc3ccccc3F)s2)c1. The van der Waals surface area contributed by atoms with E-state index in [0.717, 1.165) is 21.7 Å². The molecule has 0 bridgehead atoms. The number of hydrogen-bond donors (Lipinski definition) is 2. The molecular weight excluding hydrogens is 349 g/mol. The Labute approximate surface area is 156 Å². The summed E-state index contributed by atoms with van der Waals surface area (Å²) in [5, 5.41) is 6.44. The van der Waals surface area contributed by atoms with E-state index in [4.69, 9.17) is 0 Å². The summed E-state index contributed by atoms with van der Waals surface area (Å²) in [6, 6.07) is 12.7. The second-order valence-corrected chi connectivity index (χ2v) is 7.24. The van der Waals surface area contributed by atoms with Crippen LogP contribution in [0.4, 0.5) is 15.2 Å². The number of halogens is 1. The van der Waals surface area contributed by atoms with Gasteiger partial charge in [0, 0.05) is 23.2 Å². The average molecular weight is 369 g/mol. The number of carbonyl (C=O) groups is 1. The Hall–Kier alpha value is -2.73. The maximum absolute atomic E-state index is 13.7. The fourth-order valence-corrected chi connectivity index (χ4v) is 3.39. The van der Waals surface area contributed by atoms with E-state index >= 15 is 0 Å². The van der Waals surface area contributed by atoms with Crippen LogP contribution < -0.4 is 10.6 Å². The van der Waals surface area contributed by atoms with Gasteiger partial charge in [0.2, 0.25) is 5.91 Å². The van der Waals surface area contributed by atoms with E-state index in [1.54, 1.807) is 24.4 Å². The number of benzene rings is 2. The number of aryl methyl sites for hydroxylation is 2. The summed E-state index contributed by atoms with van der Waals surface area (Å²) in [5.41, 5.74) is 3.78. The van der Waals surface area contributed by atoms with E-state index in [1.807, 2.05) is 32.0 Å². The van der Waals surface area contributed by atoms with Crippen molar-refractivity contribution < 1.29 is 9.18 Å². The number of hydrogen-bond acceptors (Lipinski definition) is 4. The third-order valence-corrected chi connectivity index (χ3v) is 4.87. The molecule has 26 heavy (non-hydrogen) atoms. The van der Waals surface area contributed by atoms with Crippen molar-refractivity contribution in [1.29, 1.82) is 0 Å². The highest BCUT2D eigenvalue weighted by atomic mass is 32.1. The third-order valence-electron chi connectivity index (χ3n) is 3.95. The van der Waals surface area contributed by atoms with Gasteiger partial charge in [0.15, 0.2) is 5.13 Å². The minimum absolute atomic E-state index is 0.159. The van der Waals surface area contributed by atoms with Gasteiger partial charge in [-0.2, -0.15) is 0 Å². The molecule has 0 saturated heterocycles. The summed E-state index contributed by atoms with van der Waals surface area (Å²) in [7, 11) is 0. The first-order valence-electron chi connectivity index (χ1n) is 8.30. The molecule has 1 aromatic heterocycles. The summed E-state index contributed by atoms with van der Waals surface area (Å²) in [6.07, 6.45) is 2.13. The van der Waals surface area contributed by atoms with Crippen molar-refractivity contribution in [3.8, 4) is 0 Å². The lowest BCUT2D eigenvalue weighted by Gasteiger charge is -2.10. The summed E-state index contributed by atoms with van der Waals surface area (Å²) in [4.78, 5) is 17.2. The van der Waals surface area contributed by atoms with Crippen LogP contribution in [0.25, 0.3) is 0 Å². The topological polar surface area (TPSA) is 54.0 Å². The van der Waals surface area contributed by atoms with Crippen molar-refractivity contribution in [2.24, 2.45) is 0 Å². The van der Waals surface area contributed by atoms with Gasteiger partial charge in [-0.1, -0.05) is 30.3 Å². The first-order chi connectivity index (χ1) is 12.5. The lowest BCUT2D eigenvalue weighted by atomic mass is 10.1.